The Balaban J connectivity index is 1.38. The molecule has 5 rings (SSSR count). The first-order chi connectivity index (χ1) is 17.1. The maximum atomic E-state index is 13.9. The van der Waals surface area contributed by atoms with Crippen molar-refractivity contribution in [1.29, 1.82) is 5.26 Å². The van der Waals surface area contributed by atoms with Gasteiger partial charge in [-0.2, -0.15) is 5.26 Å². The van der Waals surface area contributed by atoms with Gasteiger partial charge in [-0.3, -0.25) is 14.4 Å². The molecule has 3 N–H and O–H groups in total. The summed E-state index contributed by atoms with van der Waals surface area (Å²) in [5, 5.41) is 15.6. The third-order valence-electron chi connectivity index (χ3n) is 7.57. The van der Waals surface area contributed by atoms with Gasteiger partial charge in [0.1, 0.15) is 23.5 Å². The van der Waals surface area contributed by atoms with E-state index in [9.17, 15) is 28.4 Å². The van der Waals surface area contributed by atoms with E-state index in [1.165, 1.54) is 12.0 Å². The molecule has 3 heterocycles. The average molecular weight is 500 g/mol. The van der Waals surface area contributed by atoms with Gasteiger partial charge in [0, 0.05) is 48.2 Å². The lowest BCUT2D eigenvalue weighted by Gasteiger charge is -2.44. The first-order valence-electron chi connectivity index (χ1n) is 12.0. The number of hydrogen-bond acceptors (Lipinski definition) is 5. The van der Waals surface area contributed by atoms with Crippen LogP contribution in [0.2, 0.25) is 0 Å². The van der Waals surface area contributed by atoms with Gasteiger partial charge in [-0.05, 0) is 37.5 Å². The molecule has 2 saturated heterocycles. The number of ether oxygens (including phenoxy) is 1. The second-order valence-electron chi connectivity index (χ2n) is 10.2. The van der Waals surface area contributed by atoms with Crippen molar-refractivity contribution in [3.8, 4) is 11.8 Å². The highest BCUT2D eigenvalue weighted by Gasteiger charge is 2.62. The summed E-state index contributed by atoms with van der Waals surface area (Å²) < 4.78 is 33.1. The van der Waals surface area contributed by atoms with Crippen molar-refractivity contribution >= 4 is 28.6 Å². The molecule has 1 aromatic heterocycles. The minimum atomic E-state index is -2.82. The number of halogens is 2. The van der Waals surface area contributed by atoms with Crippen molar-refractivity contribution in [2.45, 2.75) is 50.1 Å². The quantitative estimate of drug-likeness (QED) is 0.562. The van der Waals surface area contributed by atoms with E-state index in [4.69, 9.17) is 4.74 Å². The molecule has 36 heavy (non-hydrogen) atoms. The summed E-state index contributed by atoms with van der Waals surface area (Å²) in [5.41, 5.74) is 0.0373. The van der Waals surface area contributed by atoms with Crippen LogP contribution >= 0.6 is 0 Å². The lowest BCUT2D eigenvalue weighted by atomic mass is 9.65. The number of methoxy groups -OCH3 is 1. The normalized spacial score (nSPS) is 24.7. The molecule has 3 atom stereocenters. The number of likely N-dealkylation sites (tertiary alicyclic amines) is 1. The molecule has 0 unspecified atom stereocenters. The standard InChI is InChI=1S/C25H27F2N5O4/c1-36-20-4-2-3-17-16(20)8-18(31-17)23(35)32-13-24(11-25(26,27)12-24)9-19(32)22(34)30-15(10-28)7-14-5-6-29-21(14)33/h2-4,8,14-15,19,31H,5-7,9,11-13H2,1H3,(H,29,33)(H,30,34)/t14-,15-,19-/m0/s1. The molecule has 190 valence electrons. The highest BCUT2D eigenvalue weighted by molar-refractivity contribution is 6.02. The molecule has 3 aliphatic rings. The lowest BCUT2D eigenvalue weighted by molar-refractivity contribution is -0.155. The zero-order valence-electron chi connectivity index (χ0n) is 19.8. The molecule has 1 aliphatic carbocycles. The van der Waals surface area contributed by atoms with E-state index in [0.717, 1.165) is 0 Å². The van der Waals surface area contributed by atoms with Crippen LogP contribution in [0.25, 0.3) is 10.9 Å². The van der Waals surface area contributed by atoms with Crippen LogP contribution in [0.15, 0.2) is 24.3 Å². The molecule has 3 amide bonds. The number of alkyl halides is 2. The molecule has 9 nitrogen and oxygen atoms in total. The number of carbonyl (C=O) groups is 3. The predicted octanol–water partition coefficient (Wildman–Crippen LogP) is 2.34. The Morgan fingerprint density at radius 1 is 1.36 bits per heavy atom. The minimum absolute atomic E-state index is 0.0221. The molecule has 3 fully saturated rings. The van der Waals surface area contributed by atoms with E-state index >= 15 is 0 Å². The van der Waals surface area contributed by atoms with Gasteiger partial charge < -0.3 is 25.3 Å². The number of benzene rings is 1. The number of nitriles is 1. The Labute approximate surface area is 206 Å². The predicted molar refractivity (Wildman–Crippen MR) is 124 cm³/mol. The Kier molecular flexibility index (Phi) is 5.85. The third kappa shape index (κ3) is 4.25. The minimum Gasteiger partial charge on any atom is -0.496 e. The van der Waals surface area contributed by atoms with Gasteiger partial charge in [0.15, 0.2) is 0 Å². The van der Waals surface area contributed by atoms with Gasteiger partial charge >= 0.3 is 0 Å². The molecular weight excluding hydrogens is 472 g/mol. The van der Waals surface area contributed by atoms with Crippen LogP contribution in [0.3, 0.4) is 0 Å². The fraction of sp³-hybridized carbons (Fsp3) is 0.520. The summed E-state index contributed by atoms with van der Waals surface area (Å²) in [5.74, 6) is -3.85. The van der Waals surface area contributed by atoms with Crippen LogP contribution in [0.5, 0.6) is 5.75 Å². The zero-order chi connectivity index (χ0) is 25.7. The zero-order valence-corrected chi connectivity index (χ0v) is 19.8. The molecule has 0 bridgehead atoms. The van der Waals surface area contributed by atoms with Crippen molar-refractivity contribution in [2.24, 2.45) is 11.3 Å². The second kappa shape index (κ2) is 8.76. The summed E-state index contributed by atoms with van der Waals surface area (Å²) >= 11 is 0. The molecule has 0 radical (unpaired) electrons. The maximum Gasteiger partial charge on any atom is 0.271 e. The van der Waals surface area contributed by atoms with E-state index in [-0.39, 0.29) is 36.9 Å². The number of H-pyrrole nitrogens is 1. The number of hydrogen-bond donors (Lipinski definition) is 3. The van der Waals surface area contributed by atoms with Crippen molar-refractivity contribution in [3.63, 3.8) is 0 Å². The number of carbonyl (C=O) groups excluding carboxylic acids is 3. The maximum absolute atomic E-state index is 13.9. The SMILES string of the molecule is COc1cccc2[nH]c(C(=O)N3CC4(C[C@H]3C(=O)N[C@H](C#N)C[C@@H]3CCNC3=O)CC(F)(F)C4)cc12. The van der Waals surface area contributed by atoms with Gasteiger partial charge in [-0.25, -0.2) is 8.78 Å². The highest BCUT2D eigenvalue weighted by atomic mass is 19.3. The van der Waals surface area contributed by atoms with E-state index in [2.05, 4.69) is 15.6 Å². The van der Waals surface area contributed by atoms with E-state index in [1.54, 1.807) is 24.3 Å². The van der Waals surface area contributed by atoms with E-state index in [0.29, 0.717) is 29.6 Å². The molecule has 2 aliphatic heterocycles. The van der Waals surface area contributed by atoms with Crippen molar-refractivity contribution in [2.75, 3.05) is 20.2 Å². The Hall–Kier alpha value is -3.68. The number of nitrogens with one attached hydrogen (secondary N) is 3. The Morgan fingerprint density at radius 2 is 2.14 bits per heavy atom. The Morgan fingerprint density at radius 3 is 2.78 bits per heavy atom. The summed E-state index contributed by atoms with van der Waals surface area (Å²) in [6, 6.07) is 7.03. The van der Waals surface area contributed by atoms with Crippen LogP contribution in [0, 0.1) is 22.7 Å². The molecule has 11 heteroatoms. The smallest absolute Gasteiger partial charge is 0.271 e. The summed E-state index contributed by atoms with van der Waals surface area (Å²) in [6.07, 6.45) is 0.0323. The van der Waals surface area contributed by atoms with Crippen LogP contribution in [-0.4, -0.2) is 65.8 Å². The van der Waals surface area contributed by atoms with Crippen molar-refractivity contribution in [1.82, 2.24) is 20.5 Å². The topological polar surface area (TPSA) is 127 Å². The first-order valence-corrected chi connectivity index (χ1v) is 12.0. The summed E-state index contributed by atoms with van der Waals surface area (Å²) in [4.78, 5) is 43.2. The van der Waals surface area contributed by atoms with Gasteiger partial charge in [0.2, 0.25) is 17.7 Å². The number of rotatable bonds is 6. The van der Waals surface area contributed by atoms with Gasteiger partial charge in [-0.15, -0.1) is 0 Å². The molecule has 1 spiro atoms. The number of aromatic amines is 1. The summed E-state index contributed by atoms with van der Waals surface area (Å²) in [6.45, 7) is 0.542. The number of amides is 3. The van der Waals surface area contributed by atoms with E-state index in [1.807, 2.05) is 6.07 Å². The molecule has 1 saturated carbocycles. The average Bonchev–Trinajstić information content (AvgIpc) is 3.54. The lowest BCUT2D eigenvalue weighted by Crippen LogP contribution is -2.49. The van der Waals surface area contributed by atoms with Crippen LogP contribution < -0.4 is 15.4 Å². The van der Waals surface area contributed by atoms with Crippen molar-refractivity contribution in [3.05, 3.63) is 30.0 Å². The highest BCUT2D eigenvalue weighted by Crippen LogP contribution is 2.58. The fourth-order valence-corrected chi connectivity index (χ4v) is 5.95. The van der Waals surface area contributed by atoms with Crippen LogP contribution in [0.1, 0.15) is 42.6 Å². The van der Waals surface area contributed by atoms with E-state index < -0.39 is 48.1 Å². The number of aromatic nitrogens is 1. The molecular formula is C25H27F2N5O4. The first kappa shape index (κ1) is 24.0. The largest absolute Gasteiger partial charge is 0.496 e. The fourth-order valence-electron chi connectivity index (χ4n) is 5.95. The number of fused-ring (bicyclic) bond motifs is 1. The molecule has 1 aromatic carbocycles. The van der Waals surface area contributed by atoms with Crippen LogP contribution in [0.4, 0.5) is 8.78 Å². The number of nitrogens with zero attached hydrogens (tertiary/aromatic N) is 2. The second-order valence-corrected chi connectivity index (χ2v) is 10.2. The summed E-state index contributed by atoms with van der Waals surface area (Å²) in [7, 11) is 1.52. The van der Waals surface area contributed by atoms with Gasteiger partial charge in [0.25, 0.3) is 5.91 Å². The Bertz CT molecular complexity index is 1260. The molecule has 2 aromatic rings. The monoisotopic (exact) mass is 499 g/mol. The van der Waals surface area contributed by atoms with Crippen LogP contribution in [-0.2, 0) is 9.59 Å². The third-order valence-corrected chi connectivity index (χ3v) is 7.57. The van der Waals surface area contributed by atoms with Crippen molar-refractivity contribution < 1.29 is 27.9 Å². The van der Waals surface area contributed by atoms with Gasteiger partial charge in [-0.1, -0.05) is 6.07 Å². The van der Waals surface area contributed by atoms with Gasteiger partial charge in [0.05, 0.1) is 13.2 Å².